The third-order valence-electron chi connectivity index (χ3n) is 3.61. The van der Waals surface area contributed by atoms with Gasteiger partial charge in [-0.25, -0.2) is 0 Å². The summed E-state index contributed by atoms with van der Waals surface area (Å²) in [5.41, 5.74) is 0.728. The number of likely N-dealkylation sites (tertiary alicyclic amines) is 1. The van der Waals surface area contributed by atoms with Crippen LogP contribution in [0.15, 0.2) is 29.2 Å². The minimum Gasteiger partial charge on any atom is -0.303 e. The summed E-state index contributed by atoms with van der Waals surface area (Å²) in [4.78, 5) is 15.2. The third kappa shape index (κ3) is 5.00. The van der Waals surface area contributed by atoms with Gasteiger partial charge < -0.3 is 4.90 Å². The van der Waals surface area contributed by atoms with E-state index in [1.165, 1.54) is 19.3 Å². The van der Waals surface area contributed by atoms with Crippen LogP contribution in [0.3, 0.4) is 0 Å². The lowest BCUT2D eigenvalue weighted by atomic mass is 10.1. The van der Waals surface area contributed by atoms with E-state index in [1.807, 2.05) is 0 Å². The number of Topliss-reactive ketones (excluding diaryl/α,β-unsaturated/α-hetero) is 1. The first-order valence-corrected chi connectivity index (χ1v) is 8.41. The quantitative estimate of drug-likeness (QED) is 0.784. The zero-order chi connectivity index (χ0) is 13.7. The van der Waals surface area contributed by atoms with E-state index in [0.717, 1.165) is 30.1 Å². The maximum absolute atomic E-state index is 12.1. The molecule has 1 aliphatic heterocycles. The molecule has 1 saturated heterocycles. The fourth-order valence-electron chi connectivity index (χ4n) is 2.42. The van der Waals surface area contributed by atoms with Crippen LogP contribution in [0.2, 0.25) is 0 Å². The predicted molar refractivity (Wildman–Crippen MR) is 85.3 cm³/mol. The van der Waals surface area contributed by atoms with Gasteiger partial charge in [0.2, 0.25) is 0 Å². The molecular weight excluding hydrogens is 294 g/mol. The molecule has 1 aromatic rings. The molecule has 1 atom stereocenters. The van der Waals surface area contributed by atoms with Crippen LogP contribution in [-0.2, 0) is 10.8 Å². The van der Waals surface area contributed by atoms with Gasteiger partial charge in [0, 0.05) is 40.5 Å². The molecule has 112 valence electrons. The number of hydrogen-bond donors (Lipinski definition) is 0. The molecule has 0 amide bonds. The van der Waals surface area contributed by atoms with Crippen molar-refractivity contribution in [3.05, 3.63) is 29.8 Å². The summed E-state index contributed by atoms with van der Waals surface area (Å²) in [6, 6.07) is 7.14. The van der Waals surface area contributed by atoms with Gasteiger partial charge in [0.15, 0.2) is 5.78 Å². The molecule has 20 heavy (non-hydrogen) atoms. The fraction of sp³-hybridized carbons (Fsp3) is 0.533. The topological polar surface area (TPSA) is 37.4 Å². The SMILES string of the molecule is CS(=O)c1ccc(C(=O)CCN2CCCCC2)cc1.Cl. The van der Waals surface area contributed by atoms with E-state index in [4.69, 9.17) is 0 Å². The summed E-state index contributed by atoms with van der Waals surface area (Å²) >= 11 is 0. The van der Waals surface area contributed by atoms with E-state index in [1.54, 1.807) is 30.5 Å². The first-order valence-electron chi connectivity index (χ1n) is 6.86. The number of ketones is 1. The highest BCUT2D eigenvalue weighted by Crippen LogP contribution is 2.12. The predicted octanol–water partition coefficient (Wildman–Crippen LogP) is 2.90. The number of hydrogen-bond acceptors (Lipinski definition) is 3. The molecule has 0 aromatic heterocycles. The molecule has 0 saturated carbocycles. The van der Waals surface area contributed by atoms with E-state index >= 15 is 0 Å². The summed E-state index contributed by atoms with van der Waals surface area (Å²) in [5.74, 6) is 0.180. The monoisotopic (exact) mass is 315 g/mol. The zero-order valence-corrected chi connectivity index (χ0v) is 13.5. The van der Waals surface area contributed by atoms with Crippen molar-refractivity contribution in [3.8, 4) is 0 Å². The molecule has 0 N–H and O–H groups in total. The maximum Gasteiger partial charge on any atom is 0.164 e. The second-order valence-electron chi connectivity index (χ2n) is 5.05. The molecule has 0 aliphatic carbocycles. The average molecular weight is 316 g/mol. The Labute approximate surface area is 129 Å². The van der Waals surface area contributed by atoms with E-state index in [2.05, 4.69) is 4.90 Å². The number of carbonyl (C=O) groups is 1. The van der Waals surface area contributed by atoms with Crippen LogP contribution in [0, 0.1) is 0 Å². The Kier molecular flexibility index (Phi) is 7.41. The number of benzene rings is 1. The van der Waals surface area contributed by atoms with E-state index in [9.17, 15) is 9.00 Å². The molecule has 2 rings (SSSR count). The number of nitrogens with zero attached hydrogens (tertiary/aromatic N) is 1. The molecule has 0 radical (unpaired) electrons. The third-order valence-corrected chi connectivity index (χ3v) is 4.55. The van der Waals surface area contributed by atoms with Crippen molar-refractivity contribution in [2.45, 2.75) is 30.6 Å². The Hall–Kier alpha value is -0.710. The van der Waals surface area contributed by atoms with Crippen molar-refractivity contribution in [2.24, 2.45) is 0 Å². The van der Waals surface area contributed by atoms with Crippen LogP contribution in [0.4, 0.5) is 0 Å². The van der Waals surface area contributed by atoms with Gasteiger partial charge in [0.1, 0.15) is 0 Å². The number of rotatable bonds is 5. The van der Waals surface area contributed by atoms with Gasteiger partial charge in [-0.3, -0.25) is 9.00 Å². The smallest absolute Gasteiger partial charge is 0.164 e. The number of carbonyl (C=O) groups excluding carboxylic acids is 1. The van der Waals surface area contributed by atoms with Crippen molar-refractivity contribution in [2.75, 3.05) is 25.9 Å². The molecule has 1 heterocycles. The summed E-state index contributed by atoms with van der Waals surface area (Å²) in [6.07, 6.45) is 6.05. The zero-order valence-electron chi connectivity index (χ0n) is 11.8. The normalized spacial score (nSPS) is 17.2. The molecule has 3 nitrogen and oxygen atoms in total. The molecule has 0 spiro atoms. The van der Waals surface area contributed by atoms with Crippen LogP contribution < -0.4 is 0 Å². The lowest BCUT2D eigenvalue weighted by Crippen LogP contribution is -2.31. The standard InChI is InChI=1S/C15H21NO2S.ClH/c1-19(18)14-7-5-13(6-8-14)15(17)9-12-16-10-3-2-4-11-16;/h5-8H,2-4,9-12H2,1H3;1H. The molecule has 1 aliphatic rings. The molecule has 1 aromatic carbocycles. The first-order chi connectivity index (χ1) is 9.16. The fourth-order valence-corrected chi connectivity index (χ4v) is 2.94. The van der Waals surface area contributed by atoms with E-state index in [0.29, 0.717) is 6.42 Å². The summed E-state index contributed by atoms with van der Waals surface area (Å²) in [7, 11) is -0.978. The van der Waals surface area contributed by atoms with Crippen LogP contribution in [-0.4, -0.2) is 40.8 Å². The number of halogens is 1. The first kappa shape index (κ1) is 17.3. The molecule has 1 unspecified atom stereocenters. The highest BCUT2D eigenvalue weighted by molar-refractivity contribution is 7.84. The van der Waals surface area contributed by atoms with Crippen molar-refractivity contribution < 1.29 is 9.00 Å². The Morgan fingerprint density at radius 2 is 1.75 bits per heavy atom. The van der Waals surface area contributed by atoms with E-state index < -0.39 is 10.8 Å². The Bertz CT molecular complexity index is 455. The van der Waals surface area contributed by atoms with Gasteiger partial charge in [-0.05, 0) is 38.1 Å². The summed E-state index contributed by atoms with van der Waals surface area (Å²) < 4.78 is 11.3. The average Bonchev–Trinajstić information content (AvgIpc) is 2.46. The minimum atomic E-state index is -0.978. The van der Waals surface area contributed by atoms with Crippen molar-refractivity contribution >= 4 is 29.0 Å². The lowest BCUT2D eigenvalue weighted by Gasteiger charge is -2.25. The highest BCUT2D eigenvalue weighted by Gasteiger charge is 2.12. The van der Waals surface area contributed by atoms with Gasteiger partial charge in [0.05, 0.1) is 0 Å². The largest absolute Gasteiger partial charge is 0.303 e. The van der Waals surface area contributed by atoms with Crippen LogP contribution in [0.1, 0.15) is 36.0 Å². The Morgan fingerprint density at radius 3 is 2.30 bits per heavy atom. The van der Waals surface area contributed by atoms with Crippen LogP contribution in [0.5, 0.6) is 0 Å². The summed E-state index contributed by atoms with van der Waals surface area (Å²) in [5, 5.41) is 0. The van der Waals surface area contributed by atoms with Gasteiger partial charge in [-0.15, -0.1) is 12.4 Å². The number of piperidine rings is 1. The van der Waals surface area contributed by atoms with Crippen molar-refractivity contribution in [1.82, 2.24) is 4.90 Å². The second kappa shape index (κ2) is 8.55. The van der Waals surface area contributed by atoms with Crippen molar-refractivity contribution in [3.63, 3.8) is 0 Å². The van der Waals surface area contributed by atoms with Crippen LogP contribution >= 0.6 is 12.4 Å². The van der Waals surface area contributed by atoms with Crippen molar-refractivity contribution in [1.29, 1.82) is 0 Å². The second-order valence-corrected chi connectivity index (χ2v) is 6.43. The minimum absolute atomic E-state index is 0. The molecule has 1 fully saturated rings. The van der Waals surface area contributed by atoms with Crippen LogP contribution in [0.25, 0.3) is 0 Å². The molecular formula is C15H22ClNO2S. The van der Waals surface area contributed by atoms with Gasteiger partial charge >= 0.3 is 0 Å². The Balaban J connectivity index is 0.00000200. The van der Waals surface area contributed by atoms with E-state index in [-0.39, 0.29) is 18.2 Å². The lowest BCUT2D eigenvalue weighted by molar-refractivity contribution is 0.0958. The van der Waals surface area contributed by atoms with Gasteiger partial charge in [-0.1, -0.05) is 18.6 Å². The summed E-state index contributed by atoms with van der Waals surface area (Å²) in [6.45, 7) is 3.11. The molecule has 0 bridgehead atoms. The maximum atomic E-state index is 12.1. The molecule has 5 heteroatoms. The highest BCUT2D eigenvalue weighted by atomic mass is 35.5. The van der Waals surface area contributed by atoms with Gasteiger partial charge in [-0.2, -0.15) is 0 Å². The Morgan fingerprint density at radius 1 is 1.15 bits per heavy atom. The van der Waals surface area contributed by atoms with Gasteiger partial charge in [0.25, 0.3) is 0 Å².